The van der Waals surface area contributed by atoms with Crippen LogP contribution in [0.4, 0.5) is 0 Å². The van der Waals surface area contributed by atoms with E-state index < -0.39 is 10.0 Å². The highest BCUT2D eigenvalue weighted by molar-refractivity contribution is 7.89. The quantitative estimate of drug-likeness (QED) is 0.840. The number of H-pyrrole nitrogens is 1. The maximum atomic E-state index is 13.0. The second kappa shape index (κ2) is 7.71. The molecule has 0 saturated carbocycles. The number of likely N-dealkylation sites (tertiary alicyclic amines) is 1. The lowest BCUT2D eigenvalue weighted by Gasteiger charge is -2.36. The lowest BCUT2D eigenvalue weighted by atomic mass is 9.94. The van der Waals surface area contributed by atoms with Crippen molar-refractivity contribution in [2.45, 2.75) is 37.7 Å². The first-order valence-electron chi connectivity index (χ1n) is 9.83. The van der Waals surface area contributed by atoms with E-state index in [-0.39, 0.29) is 23.5 Å². The fourth-order valence-electron chi connectivity index (χ4n) is 3.97. The topological polar surface area (TPSA) is 99.5 Å². The average Bonchev–Trinajstić information content (AvgIpc) is 3.40. The average molecular weight is 407 g/mol. The molecule has 1 amide bonds. The minimum absolute atomic E-state index is 0.0874. The van der Waals surface area contributed by atoms with Crippen molar-refractivity contribution in [1.82, 2.24) is 19.4 Å². The van der Waals surface area contributed by atoms with Crippen molar-refractivity contribution in [2.24, 2.45) is 11.8 Å². The molecule has 4 heterocycles. The Morgan fingerprint density at radius 1 is 1.18 bits per heavy atom. The van der Waals surface area contributed by atoms with Gasteiger partial charge in [0.1, 0.15) is 5.69 Å². The Labute approximate surface area is 164 Å². The number of hydrogen-bond donors (Lipinski definition) is 1. The summed E-state index contributed by atoms with van der Waals surface area (Å²) in [5, 5.41) is 6.51. The summed E-state index contributed by atoms with van der Waals surface area (Å²) in [4.78, 5) is 14.8. The van der Waals surface area contributed by atoms with Gasteiger partial charge in [-0.3, -0.25) is 9.89 Å². The standard InChI is InChI=1S/C19H26N4O4S/c1-14-7-11-22(12-8-14)19(24)15-3-2-10-23(13-15)28(25,26)18-5-4-17(27-18)16-6-9-20-21-16/h4-6,9,14-15H,2-3,7-8,10-13H2,1H3,(H,20,21)/t15-/m1/s1. The van der Waals surface area contributed by atoms with Crippen molar-refractivity contribution < 1.29 is 17.6 Å². The van der Waals surface area contributed by atoms with Gasteiger partial charge in [-0.2, -0.15) is 9.40 Å². The van der Waals surface area contributed by atoms with Crippen molar-refractivity contribution >= 4 is 15.9 Å². The minimum Gasteiger partial charge on any atom is -0.442 e. The van der Waals surface area contributed by atoms with Gasteiger partial charge in [0.05, 0.1) is 5.92 Å². The Hall–Kier alpha value is -2.13. The number of aromatic amines is 1. The van der Waals surface area contributed by atoms with Gasteiger partial charge < -0.3 is 9.32 Å². The number of carbonyl (C=O) groups is 1. The monoisotopic (exact) mass is 406 g/mol. The Balaban J connectivity index is 1.47. The van der Waals surface area contributed by atoms with Gasteiger partial charge in [0.2, 0.25) is 11.0 Å². The highest BCUT2D eigenvalue weighted by atomic mass is 32.2. The van der Waals surface area contributed by atoms with Crippen LogP contribution in [-0.4, -0.2) is 59.9 Å². The minimum atomic E-state index is -3.78. The van der Waals surface area contributed by atoms with E-state index in [9.17, 15) is 13.2 Å². The molecule has 1 N–H and O–H groups in total. The Kier molecular flexibility index (Phi) is 5.29. The number of nitrogens with zero attached hydrogens (tertiary/aromatic N) is 3. The van der Waals surface area contributed by atoms with Crippen molar-refractivity contribution in [3.63, 3.8) is 0 Å². The fourth-order valence-corrected chi connectivity index (χ4v) is 5.41. The molecular formula is C19H26N4O4S. The van der Waals surface area contributed by atoms with Crippen LogP contribution in [0, 0.1) is 11.8 Å². The van der Waals surface area contributed by atoms with Gasteiger partial charge in [-0.1, -0.05) is 6.92 Å². The lowest BCUT2D eigenvalue weighted by molar-refractivity contribution is -0.138. The molecule has 2 aromatic rings. The highest BCUT2D eigenvalue weighted by Gasteiger charge is 2.37. The molecule has 2 aromatic heterocycles. The lowest BCUT2D eigenvalue weighted by Crippen LogP contribution is -2.48. The van der Waals surface area contributed by atoms with E-state index in [4.69, 9.17) is 4.42 Å². The molecule has 0 bridgehead atoms. The van der Waals surface area contributed by atoms with Gasteiger partial charge in [-0.05, 0) is 49.8 Å². The van der Waals surface area contributed by atoms with Gasteiger partial charge in [0.25, 0.3) is 10.0 Å². The molecule has 0 radical (unpaired) electrons. The first-order valence-corrected chi connectivity index (χ1v) is 11.3. The number of rotatable bonds is 4. The van der Waals surface area contributed by atoms with Crippen LogP contribution in [0.1, 0.15) is 32.6 Å². The first-order chi connectivity index (χ1) is 13.4. The Bertz CT molecular complexity index is 914. The van der Waals surface area contributed by atoms with E-state index >= 15 is 0 Å². The molecule has 0 aromatic carbocycles. The molecular weight excluding hydrogens is 380 g/mol. The van der Waals surface area contributed by atoms with Crippen LogP contribution in [0.3, 0.4) is 0 Å². The maximum absolute atomic E-state index is 13.0. The Morgan fingerprint density at radius 2 is 1.96 bits per heavy atom. The zero-order valence-electron chi connectivity index (χ0n) is 16.0. The van der Waals surface area contributed by atoms with Crippen molar-refractivity contribution in [1.29, 1.82) is 0 Å². The van der Waals surface area contributed by atoms with Crippen LogP contribution in [-0.2, 0) is 14.8 Å². The SMILES string of the molecule is CC1CCN(C(=O)[C@@H]2CCCN(S(=O)(=O)c3ccc(-c4ccn[nH]4)o3)C2)CC1. The van der Waals surface area contributed by atoms with Crippen LogP contribution in [0.2, 0.25) is 0 Å². The van der Waals surface area contributed by atoms with Gasteiger partial charge >= 0.3 is 0 Å². The van der Waals surface area contributed by atoms with E-state index in [1.54, 1.807) is 18.3 Å². The summed E-state index contributed by atoms with van der Waals surface area (Å²) < 4.78 is 33.0. The van der Waals surface area contributed by atoms with Crippen LogP contribution in [0.25, 0.3) is 11.5 Å². The number of furan rings is 1. The van der Waals surface area contributed by atoms with Gasteiger partial charge in [0, 0.05) is 32.4 Å². The number of carbonyl (C=O) groups excluding carboxylic acids is 1. The highest BCUT2D eigenvalue weighted by Crippen LogP contribution is 2.29. The molecule has 1 atom stereocenters. The van der Waals surface area contributed by atoms with Crippen LogP contribution in [0.15, 0.2) is 33.9 Å². The van der Waals surface area contributed by atoms with Gasteiger partial charge in [-0.15, -0.1) is 0 Å². The molecule has 0 aliphatic carbocycles. The molecule has 8 nitrogen and oxygen atoms in total. The summed E-state index contributed by atoms with van der Waals surface area (Å²) in [5.74, 6) is 0.877. The predicted octanol–water partition coefficient (Wildman–Crippen LogP) is 2.33. The summed E-state index contributed by atoms with van der Waals surface area (Å²) in [6.07, 6.45) is 5.02. The second-order valence-corrected chi connectivity index (χ2v) is 9.67. The van der Waals surface area contributed by atoms with Gasteiger partial charge in [-0.25, -0.2) is 8.42 Å². The normalized spacial score (nSPS) is 22.5. The number of aromatic nitrogens is 2. The summed E-state index contributed by atoms with van der Waals surface area (Å²) in [7, 11) is -3.78. The number of hydrogen-bond acceptors (Lipinski definition) is 5. The molecule has 2 aliphatic heterocycles. The molecule has 2 saturated heterocycles. The molecule has 4 rings (SSSR count). The van der Waals surface area contributed by atoms with E-state index in [2.05, 4.69) is 17.1 Å². The molecule has 2 fully saturated rings. The molecule has 0 unspecified atom stereocenters. The second-order valence-electron chi connectivity index (χ2n) is 7.80. The molecule has 28 heavy (non-hydrogen) atoms. The first kappa shape index (κ1) is 19.2. The van der Waals surface area contributed by atoms with Crippen LogP contribution < -0.4 is 0 Å². The van der Waals surface area contributed by atoms with Crippen molar-refractivity contribution in [2.75, 3.05) is 26.2 Å². The smallest absolute Gasteiger partial charge is 0.276 e. The number of piperidine rings is 2. The third-order valence-electron chi connectivity index (χ3n) is 5.77. The van der Waals surface area contributed by atoms with Crippen molar-refractivity contribution in [3.05, 3.63) is 24.4 Å². The summed E-state index contributed by atoms with van der Waals surface area (Å²) in [6.45, 7) is 4.37. The molecule has 152 valence electrons. The molecule has 0 spiro atoms. The third kappa shape index (κ3) is 3.73. The Morgan fingerprint density at radius 3 is 2.68 bits per heavy atom. The number of nitrogens with one attached hydrogen (secondary N) is 1. The van der Waals surface area contributed by atoms with Crippen molar-refractivity contribution in [3.8, 4) is 11.5 Å². The van der Waals surface area contributed by atoms with E-state index in [1.165, 1.54) is 10.4 Å². The number of sulfonamides is 1. The summed E-state index contributed by atoms with van der Waals surface area (Å²) in [5.41, 5.74) is 0.618. The molecule has 9 heteroatoms. The largest absolute Gasteiger partial charge is 0.442 e. The summed E-state index contributed by atoms with van der Waals surface area (Å²) in [6, 6.07) is 4.79. The summed E-state index contributed by atoms with van der Waals surface area (Å²) >= 11 is 0. The van der Waals surface area contributed by atoms with Crippen LogP contribution in [0.5, 0.6) is 0 Å². The predicted molar refractivity (Wildman–Crippen MR) is 103 cm³/mol. The molecule has 2 aliphatic rings. The van der Waals surface area contributed by atoms with E-state index in [0.717, 1.165) is 32.4 Å². The third-order valence-corrected chi connectivity index (χ3v) is 7.51. The van der Waals surface area contributed by atoms with E-state index in [0.29, 0.717) is 30.3 Å². The number of amides is 1. The van der Waals surface area contributed by atoms with Crippen LogP contribution >= 0.6 is 0 Å². The van der Waals surface area contributed by atoms with Gasteiger partial charge in [0.15, 0.2) is 5.76 Å². The van der Waals surface area contributed by atoms with E-state index in [1.807, 2.05) is 4.90 Å². The zero-order valence-corrected chi connectivity index (χ0v) is 16.8. The maximum Gasteiger partial charge on any atom is 0.276 e. The zero-order chi connectivity index (χ0) is 19.7. The fraction of sp³-hybridized carbons (Fsp3) is 0.579.